The third-order valence-corrected chi connectivity index (χ3v) is 3.74. The van der Waals surface area contributed by atoms with Crippen molar-refractivity contribution in [3.63, 3.8) is 0 Å². The third-order valence-electron chi connectivity index (χ3n) is 2.27. The minimum absolute atomic E-state index is 0.641. The van der Waals surface area contributed by atoms with Crippen molar-refractivity contribution in [3.8, 4) is 0 Å². The van der Waals surface area contributed by atoms with Crippen LogP contribution in [0.15, 0.2) is 3.92 Å². The Morgan fingerprint density at radius 2 is 2.50 bits per heavy atom. The van der Waals surface area contributed by atoms with Crippen LogP contribution in [0.2, 0.25) is 0 Å². The number of ether oxygens (including phenoxy) is 1. The average Bonchev–Trinajstić information content (AvgIpc) is 2.75. The fourth-order valence-electron chi connectivity index (χ4n) is 1.55. The number of aromatic nitrogens is 2. The van der Waals surface area contributed by atoms with Crippen LogP contribution in [-0.4, -0.2) is 37.0 Å². The number of nitrogens with zero attached hydrogens (tertiary/aromatic N) is 3. The summed E-state index contributed by atoms with van der Waals surface area (Å²) in [6, 6.07) is 0. The highest BCUT2D eigenvalue weighted by Gasteiger charge is 2.19. The van der Waals surface area contributed by atoms with Gasteiger partial charge in [0.15, 0.2) is 3.92 Å². The van der Waals surface area contributed by atoms with E-state index in [0.29, 0.717) is 5.92 Å². The van der Waals surface area contributed by atoms with Gasteiger partial charge in [0.05, 0.1) is 6.61 Å². The highest BCUT2D eigenvalue weighted by molar-refractivity contribution is 9.11. The largest absolute Gasteiger partial charge is 0.381 e. The van der Waals surface area contributed by atoms with E-state index in [2.05, 4.69) is 31.0 Å². The van der Waals surface area contributed by atoms with Crippen LogP contribution >= 0.6 is 27.3 Å². The number of hydrogen-bond acceptors (Lipinski definition) is 5. The normalized spacial score (nSPS) is 21.4. The fraction of sp³-hybridized carbons (Fsp3) is 0.750. The maximum absolute atomic E-state index is 5.33. The summed E-state index contributed by atoms with van der Waals surface area (Å²) in [5, 5.41) is 8.95. The number of hydrogen-bond donors (Lipinski definition) is 0. The van der Waals surface area contributed by atoms with E-state index in [1.54, 1.807) is 11.3 Å². The molecule has 0 radical (unpaired) electrons. The van der Waals surface area contributed by atoms with Crippen molar-refractivity contribution >= 4 is 32.4 Å². The fourth-order valence-corrected chi connectivity index (χ4v) is 2.60. The molecule has 2 heterocycles. The molecular formula is C8H12BrN3OS. The summed E-state index contributed by atoms with van der Waals surface area (Å²) in [6.07, 6.45) is 1.16. The molecule has 78 valence electrons. The van der Waals surface area contributed by atoms with E-state index in [9.17, 15) is 0 Å². The second-order valence-corrected chi connectivity index (χ2v) is 5.68. The molecule has 1 unspecified atom stereocenters. The van der Waals surface area contributed by atoms with Gasteiger partial charge < -0.3 is 9.64 Å². The molecule has 0 saturated carbocycles. The van der Waals surface area contributed by atoms with E-state index in [4.69, 9.17) is 4.74 Å². The summed E-state index contributed by atoms with van der Waals surface area (Å²) < 4.78 is 6.17. The summed E-state index contributed by atoms with van der Waals surface area (Å²) in [4.78, 5) is 2.14. The highest BCUT2D eigenvalue weighted by atomic mass is 79.9. The summed E-state index contributed by atoms with van der Waals surface area (Å²) in [7, 11) is 2.05. The van der Waals surface area contributed by atoms with Crippen LogP contribution in [0.5, 0.6) is 0 Å². The van der Waals surface area contributed by atoms with E-state index in [0.717, 1.165) is 35.2 Å². The number of anilines is 1. The van der Waals surface area contributed by atoms with E-state index >= 15 is 0 Å². The van der Waals surface area contributed by atoms with Crippen LogP contribution in [0, 0.1) is 5.92 Å². The van der Waals surface area contributed by atoms with Gasteiger partial charge in [0.25, 0.3) is 0 Å². The van der Waals surface area contributed by atoms with Crippen molar-refractivity contribution in [2.45, 2.75) is 6.42 Å². The van der Waals surface area contributed by atoms with Crippen LogP contribution < -0.4 is 4.90 Å². The first-order valence-electron chi connectivity index (χ1n) is 4.53. The Morgan fingerprint density at radius 3 is 3.07 bits per heavy atom. The molecular weight excluding hydrogens is 266 g/mol. The van der Waals surface area contributed by atoms with Gasteiger partial charge in [-0.15, -0.1) is 10.2 Å². The Kier molecular flexibility index (Phi) is 3.35. The molecule has 0 bridgehead atoms. The van der Waals surface area contributed by atoms with Gasteiger partial charge in [-0.25, -0.2) is 0 Å². The SMILES string of the molecule is CN(CC1CCOC1)c1nnc(Br)s1. The van der Waals surface area contributed by atoms with Gasteiger partial charge in [-0.05, 0) is 22.4 Å². The highest BCUT2D eigenvalue weighted by Crippen LogP contribution is 2.24. The molecule has 0 aromatic carbocycles. The monoisotopic (exact) mass is 277 g/mol. The maximum Gasteiger partial charge on any atom is 0.208 e. The molecule has 0 spiro atoms. The Labute approximate surface area is 95.4 Å². The lowest BCUT2D eigenvalue weighted by Crippen LogP contribution is -2.25. The van der Waals surface area contributed by atoms with Gasteiger partial charge in [0.2, 0.25) is 5.13 Å². The quantitative estimate of drug-likeness (QED) is 0.844. The van der Waals surface area contributed by atoms with Crippen LogP contribution in [0.25, 0.3) is 0 Å². The molecule has 1 aromatic heterocycles. The van der Waals surface area contributed by atoms with E-state index in [1.807, 2.05) is 7.05 Å². The first kappa shape index (κ1) is 10.3. The van der Waals surface area contributed by atoms with Crippen LogP contribution in [0.4, 0.5) is 5.13 Å². The van der Waals surface area contributed by atoms with Gasteiger partial charge in [0.1, 0.15) is 0 Å². The average molecular weight is 278 g/mol. The minimum atomic E-state index is 0.641. The molecule has 0 amide bonds. The van der Waals surface area contributed by atoms with Gasteiger partial charge >= 0.3 is 0 Å². The first-order chi connectivity index (χ1) is 6.75. The number of halogens is 1. The lowest BCUT2D eigenvalue weighted by Gasteiger charge is -2.18. The zero-order chi connectivity index (χ0) is 9.97. The second-order valence-electron chi connectivity index (χ2n) is 3.45. The summed E-state index contributed by atoms with van der Waals surface area (Å²) in [6.45, 7) is 2.78. The Morgan fingerprint density at radius 1 is 1.64 bits per heavy atom. The Hall–Kier alpha value is -0.200. The smallest absolute Gasteiger partial charge is 0.208 e. The van der Waals surface area contributed by atoms with Crippen molar-refractivity contribution in [1.82, 2.24) is 10.2 Å². The van der Waals surface area contributed by atoms with E-state index in [-0.39, 0.29) is 0 Å². The van der Waals surface area contributed by atoms with Crippen molar-refractivity contribution in [1.29, 1.82) is 0 Å². The van der Waals surface area contributed by atoms with Crippen LogP contribution in [0.3, 0.4) is 0 Å². The number of rotatable bonds is 3. The van der Waals surface area contributed by atoms with Gasteiger partial charge in [-0.3, -0.25) is 0 Å². The van der Waals surface area contributed by atoms with E-state index in [1.165, 1.54) is 0 Å². The van der Waals surface area contributed by atoms with Crippen molar-refractivity contribution in [2.75, 3.05) is 31.7 Å². The summed E-state index contributed by atoms with van der Waals surface area (Å²) >= 11 is 4.87. The molecule has 0 aliphatic carbocycles. The Balaban J connectivity index is 1.91. The minimum Gasteiger partial charge on any atom is -0.381 e. The van der Waals surface area contributed by atoms with Gasteiger partial charge in [-0.1, -0.05) is 11.3 Å². The molecule has 2 rings (SSSR count). The predicted molar refractivity (Wildman–Crippen MR) is 59.8 cm³/mol. The molecule has 1 aromatic rings. The molecule has 0 N–H and O–H groups in total. The zero-order valence-electron chi connectivity index (χ0n) is 7.94. The molecule has 1 fully saturated rings. The molecule has 6 heteroatoms. The third kappa shape index (κ3) is 2.43. The van der Waals surface area contributed by atoms with Gasteiger partial charge in [-0.2, -0.15) is 0 Å². The molecule has 14 heavy (non-hydrogen) atoms. The topological polar surface area (TPSA) is 38.2 Å². The van der Waals surface area contributed by atoms with Crippen LogP contribution in [0.1, 0.15) is 6.42 Å². The predicted octanol–water partition coefficient (Wildman–Crippen LogP) is 1.77. The van der Waals surface area contributed by atoms with Crippen molar-refractivity contribution < 1.29 is 4.74 Å². The molecule has 1 atom stereocenters. The lowest BCUT2D eigenvalue weighted by molar-refractivity contribution is 0.186. The Bertz CT molecular complexity index is 301. The van der Waals surface area contributed by atoms with Crippen molar-refractivity contribution in [3.05, 3.63) is 3.92 Å². The zero-order valence-corrected chi connectivity index (χ0v) is 10.3. The molecule has 1 aliphatic heterocycles. The van der Waals surface area contributed by atoms with Crippen LogP contribution in [-0.2, 0) is 4.74 Å². The summed E-state index contributed by atoms with van der Waals surface area (Å²) in [5.41, 5.74) is 0. The molecule has 1 saturated heterocycles. The van der Waals surface area contributed by atoms with Crippen molar-refractivity contribution in [2.24, 2.45) is 5.92 Å². The van der Waals surface area contributed by atoms with Gasteiger partial charge in [0, 0.05) is 26.1 Å². The first-order valence-corrected chi connectivity index (χ1v) is 6.14. The molecule has 4 nitrogen and oxygen atoms in total. The maximum atomic E-state index is 5.33. The summed E-state index contributed by atoms with van der Waals surface area (Å²) in [5.74, 6) is 0.641. The second kappa shape index (κ2) is 4.55. The standard InChI is InChI=1S/C8H12BrN3OS/c1-12(4-6-2-3-13-5-6)8-11-10-7(9)14-8/h6H,2-5H2,1H3. The van der Waals surface area contributed by atoms with E-state index < -0.39 is 0 Å². The molecule has 1 aliphatic rings. The lowest BCUT2D eigenvalue weighted by atomic mass is 10.1.